The zero-order chi connectivity index (χ0) is 19.6. The van der Waals surface area contributed by atoms with Gasteiger partial charge < -0.3 is 9.64 Å². The Morgan fingerprint density at radius 1 is 1.03 bits per heavy atom. The van der Waals surface area contributed by atoms with Crippen LogP contribution in [0.15, 0.2) is 61.4 Å². The fraction of sp³-hybridized carbons (Fsp3) is 0.200. The molecule has 0 N–H and O–H groups in total. The summed E-state index contributed by atoms with van der Waals surface area (Å²) in [6.07, 6.45) is 9.61. The van der Waals surface area contributed by atoms with Crippen molar-refractivity contribution in [3.8, 4) is 11.1 Å². The van der Waals surface area contributed by atoms with E-state index in [1.165, 1.54) is 12.4 Å². The van der Waals surface area contributed by atoms with Gasteiger partial charge in [0, 0.05) is 43.1 Å². The molecule has 0 radical (unpaired) electrons. The average Bonchev–Trinajstić information content (AvgIpc) is 3.23. The highest BCUT2D eigenvalue weighted by molar-refractivity contribution is 5.92. The van der Waals surface area contributed by atoms with Crippen LogP contribution in [0.3, 0.4) is 0 Å². The number of pyridine rings is 2. The summed E-state index contributed by atoms with van der Waals surface area (Å²) in [6, 6.07) is 7.87. The molecule has 144 valence electrons. The van der Waals surface area contributed by atoms with Gasteiger partial charge in [-0.1, -0.05) is 11.3 Å². The summed E-state index contributed by atoms with van der Waals surface area (Å²) in [5.41, 5.74) is 3.95. The summed E-state index contributed by atoms with van der Waals surface area (Å²) >= 11 is 0. The van der Waals surface area contributed by atoms with Crippen LogP contribution in [-0.4, -0.2) is 60.3 Å². The lowest BCUT2D eigenvalue weighted by Crippen LogP contribution is -2.42. The van der Waals surface area contributed by atoms with Gasteiger partial charge in [0.2, 0.25) is 0 Å². The maximum Gasteiger partial charge on any atom is 0.274 e. The fourth-order valence-electron chi connectivity index (χ4n) is 3.43. The van der Waals surface area contributed by atoms with E-state index in [-0.39, 0.29) is 12.0 Å². The topological polar surface area (TPSA) is 98.4 Å². The van der Waals surface area contributed by atoms with E-state index in [1.807, 2.05) is 30.5 Å². The summed E-state index contributed by atoms with van der Waals surface area (Å²) in [4.78, 5) is 26.5. The van der Waals surface area contributed by atoms with Crippen LogP contribution in [-0.2, 0) is 4.74 Å². The second-order valence-corrected chi connectivity index (χ2v) is 6.66. The van der Waals surface area contributed by atoms with Gasteiger partial charge in [-0.25, -0.2) is 9.50 Å². The lowest BCUT2D eigenvalue weighted by atomic mass is 10.1. The van der Waals surface area contributed by atoms with E-state index in [0.717, 1.165) is 16.6 Å². The number of aromatic nitrogens is 6. The Balaban J connectivity index is 1.41. The average molecular weight is 387 g/mol. The molecule has 4 aromatic rings. The van der Waals surface area contributed by atoms with Gasteiger partial charge >= 0.3 is 0 Å². The molecule has 5 heterocycles. The lowest BCUT2D eigenvalue weighted by Gasteiger charge is -2.31. The van der Waals surface area contributed by atoms with E-state index in [0.29, 0.717) is 31.1 Å². The van der Waals surface area contributed by atoms with Crippen molar-refractivity contribution in [1.82, 2.24) is 34.7 Å². The highest BCUT2D eigenvalue weighted by atomic mass is 16.5. The molecule has 9 nitrogen and oxygen atoms in total. The van der Waals surface area contributed by atoms with Gasteiger partial charge in [0.05, 0.1) is 24.9 Å². The van der Waals surface area contributed by atoms with Crippen LogP contribution in [0.2, 0.25) is 0 Å². The fourth-order valence-corrected chi connectivity index (χ4v) is 3.43. The van der Waals surface area contributed by atoms with E-state index in [9.17, 15) is 4.79 Å². The zero-order valence-electron chi connectivity index (χ0n) is 15.4. The van der Waals surface area contributed by atoms with Gasteiger partial charge in [-0.3, -0.25) is 14.8 Å². The van der Waals surface area contributed by atoms with Gasteiger partial charge in [-0.15, -0.1) is 5.10 Å². The third-order valence-corrected chi connectivity index (χ3v) is 4.89. The summed E-state index contributed by atoms with van der Waals surface area (Å²) in [5.74, 6) is -0.164. The summed E-state index contributed by atoms with van der Waals surface area (Å²) in [7, 11) is 0. The number of carbonyl (C=O) groups excluding carboxylic acids is 1. The van der Waals surface area contributed by atoms with Crippen LogP contribution < -0.4 is 0 Å². The first-order valence-electron chi connectivity index (χ1n) is 9.22. The number of rotatable bonds is 3. The normalized spacial score (nSPS) is 16.8. The van der Waals surface area contributed by atoms with Crippen molar-refractivity contribution in [1.29, 1.82) is 0 Å². The number of nitrogens with zero attached hydrogens (tertiary/aromatic N) is 7. The molecule has 1 atom stereocenters. The summed E-state index contributed by atoms with van der Waals surface area (Å²) in [6.45, 7) is 1.30. The van der Waals surface area contributed by atoms with E-state index in [1.54, 1.807) is 28.0 Å². The second-order valence-electron chi connectivity index (χ2n) is 6.66. The molecule has 0 spiro atoms. The molecule has 5 rings (SSSR count). The van der Waals surface area contributed by atoms with E-state index >= 15 is 0 Å². The predicted octanol–water partition coefficient (Wildman–Crippen LogP) is 1.79. The zero-order valence-corrected chi connectivity index (χ0v) is 15.4. The Bertz CT molecular complexity index is 1150. The standard InChI is InChI=1S/C20H17N7O2/c28-20(16-11-22-7-8-23-16)26-9-10-29-18(13-26)19-17-2-1-15(12-27(17)25-24-19)14-3-5-21-6-4-14/h1-8,11-12,18H,9-10,13H2/t18-/m0/s1. The molecule has 0 saturated carbocycles. The minimum absolute atomic E-state index is 0.164. The monoisotopic (exact) mass is 387 g/mol. The molecular weight excluding hydrogens is 370 g/mol. The van der Waals surface area contributed by atoms with Gasteiger partial charge in [-0.2, -0.15) is 0 Å². The number of fused-ring (bicyclic) bond motifs is 1. The molecular formula is C20H17N7O2. The van der Waals surface area contributed by atoms with Crippen molar-refractivity contribution in [3.63, 3.8) is 0 Å². The third kappa shape index (κ3) is 3.32. The molecule has 29 heavy (non-hydrogen) atoms. The molecule has 0 unspecified atom stereocenters. The Morgan fingerprint density at radius 3 is 2.76 bits per heavy atom. The summed E-state index contributed by atoms with van der Waals surface area (Å²) < 4.78 is 7.64. The van der Waals surface area contributed by atoms with Crippen molar-refractivity contribution in [2.24, 2.45) is 0 Å². The molecule has 1 saturated heterocycles. The van der Waals surface area contributed by atoms with E-state index < -0.39 is 0 Å². The number of ether oxygens (including phenoxy) is 1. The minimum atomic E-state index is -0.353. The van der Waals surface area contributed by atoms with Gasteiger partial charge in [0.1, 0.15) is 17.5 Å². The van der Waals surface area contributed by atoms with Crippen molar-refractivity contribution in [2.75, 3.05) is 19.7 Å². The van der Waals surface area contributed by atoms with Gasteiger partial charge in [-0.05, 0) is 23.8 Å². The quantitative estimate of drug-likeness (QED) is 0.528. The van der Waals surface area contributed by atoms with Crippen molar-refractivity contribution < 1.29 is 9.53 Å². The number of hydrogen-bond acceptors (Lipinski definition) is 7. The molecule has 0 bridgehead atoms. The van der Waals surface area contributed by atoms with Crippen LogP contribution in [0, 0.1) is 0 Å². The van der Waals surface area contributed by atoms with Crippen molar-refractivity contribution in [2.45, 2.75) is 6.10 Å². The van der Waals surface area contributed by atoms with E-state index in [2.05, 4.69) is 25.3 Å². The number of morpholine rings is 1. The van der Waals surface area contributed by atoms with E-state index in [4.69, 9.17) is 4.74 Å². The Labute approximate surface area is 166 Å². The molecule has 9 heteroatoms. The van der Waals surface area contributed by atoms with Crippen molar-refractivity contribution in [3.05, 3.63) is 72.8 Å². The molecule has 1 amide bonds. The third-order valence-electron chi connectivity index (χ3n) is 4.89. The Hall–Kier alpha value is -3.72. The largest absolute Gasteiger partial charge is 0.368 e. The first-order valence-corrected chi connectivity index (χ1v) is 9.22. The molecule has 0 aliphatic carbocycles. The smallest absolute Gasteiger partial charge is 0.274 e. The highest BCUT2D eigenvalue weighted by Crippen LogP contribution is 2.27. The highest BCUT2D eigenvalue weighted by Gasteiger charge is 2.29. The van der Waals surface area contributed by atoms with Gasteiger partial charge in [0.15, 0.2) is 0 Å². The van der Waals surface area contributed by atoms with Crippen molar-refractivity contribution >= 4 is 11.4 Å². The maximum atomic E-state index is 12.7. The number of amides is 1. The van der Waals surface area contributed by atoms with Crippen LogP contribution in [0.1, 0.15) is 22.3 Å². The lowest BCUT2D eigenvalue weighted by molar-refractivity contribution is -0.0243. The number of hydrogen-bond donors (Lipinski definition) is 0. The predicted molar refractivity (Wildman–Crippen MR) is 103 cm³/mol. The van der Waals surface area contributed by atoms with Crippen LogP contribution in [0.5, 0.6) is 0 Å². The first kappa shape index (κ1) is 17.4. The Morgan fingerprint density at radius 2 is 1.93 bits per heavy atom. The Kier molecular flexibility index (Phi) is 4.41. The summed E-state index contributed by atoms with van der Waals surface area (Å²) in [5, 5.41) is 8.58. The molecule has 1 aliphatic rings. The maximum absolute atomic E-state index is 12.7. The number of carbonyl (C=O) groups is 1. The molecule has 1 fully saturated rings. The molecule has 4 aromatic heterocycles. The first-order chi connectivity index (χ1) is 14.3. The molecule has 1 aliphatic heterocycles. The molecule has 0 aromatic carbocycles. The minimum Gasteiger partial charge on any atom is -0.368 e. The second kappa shape index (κ2) is 7.36. The van der Waals surface area contributed by atoms with Crippen LogP contribution in [0.4, 0.5) is 0 Å². The van der Waals surface area contributed by atoms with Crippen LogP contribution >= 0.6 is 0 Å². The van der Waals surface area contributed by atoms with Crippen LogP contribution in [0.25, 0.3) is 16.6 Å². The SMILES string of the molecule is O=C(c1cnccn1)N1CCO[C@H](c2nnn3cc(-c4ccncc4)ccc23)C1. The van der Waals surface area contributed by atoms with Gasteiger partial charge in [0.25, 0.3) is 5.91 Å².